The predicted molar refractivity (Wildman–Crippen MR) is 58.5 cm³/mol. The fourth-order valence-electron chi connectivity index (χ4n) is 1.05. The van der Waals surface area contributed by atoms with Crippen LogP contribution in [0.3, 0.4) is 0 Å². The molecule has 0 atom stereocenters. The summed E-state index contributed by atoms with van der Waals surface area (Å²) < 4.78 is 0. The molecule has 0 spiro atoms. The summed E-state index contributed by atoms with van der Waals surface area (Å²) in [7, 11) is 1.43. The first-order chi connectivity index (χ1) is 7.59. The zero-order valence-electron chi connectivity index (χ0n) is 8.83. The second kappa shape index (κ2) is 5.65. The highest BCUT2D eigenvalue weighted by atomic mass is 16.4. The first-order valence-electron chi connectivity index (χ1n) is 4.64. The fourth-order valence-corrected chi connectivity index (χ4v) is 1.05. The minimum absolute atomic E-state index is 0.309. The molecular weight excluding hydrogens is 208 g/mol. The van der Waals surface area contributed by atoms with E-state index < -0.39 is 5.97 Å². The molecule has 5 nitrogen and oxygen atoms in total. The number of hydrogen-bond acceptors (Lipinski definition) is 3. The third-order valence-electron chi connectivity index (χ3n) is 1.85. The summed E-state index contributed by atoms with van der Waals surface area (Å²) in [6.45, 7) is -0.309. The first-order valence-corrected chi connectivity index (χ1v) is 4.64. The van der Waals surface area contributed by atoms with Crippen molar-refractivity contribution in [2.75, 3.05) is 13.6 Å². The van der Waals surface area contributed by atoms with Crippen molar-refractivity contribution in [1.82, 2.24) is 9.88 Å². The highest BCUT2D eigenvalue weighted by molar-refractivity contribution is 5.93. The van der Waals surface area contributed by atoms with E-state index in [-0.39, 0.29) is 12.5 Å². The molecule has 0 aliphatic rings. The van der Waals surface area contributed by atoms with Crippen LogP contribution in [0.5, 0.6) is 0 Å². The molecule has 84 valence electrons. The van der Waals surface area contributed by atoms with Crippen LogP contribution >= 0.6 is 0 Å². The fraction of sp³-hybridized carbons (Fsp3) is 0.182. The Labute approximate surface area is 93.0 Å². The van der Waals surface area contributed by atoms with Crippen molar-refractivity contribution in [3.05, 3.63) is 36.2 Å². The van der Waals surface area contributed by atoms with E-state index in [1.54, 1.807) is 30.6 Å². The van der Waals surface area contributed by atoms with Crippen LogP contribution in [0.15, 0.2) is 30.6 Å². The maximum atomic E-state index is 11.4. The molecular formula is C11H12N2O3. The van der Waals surface area contributed by atoms with Crippen molar-refractivity contribution in [3.8, 4) is 0 Å². The number of carboxylic acid groups (broad SMARTS) is 1. The summed E-state index contributed by atoms with van der Waals surface area (Å²) in [5, 5.41) is 8.49. The third kappa shape index (κ3) is 3.91. The molecule has 5 heteroatoms. The number of rotatable bonds is 4. The molecule has 1 rings (SSSR count). The van der Waals surface area contributed by atoms with Crippen LogP contribution in [0.1, 0.15) is 5.56 Å². The number of aromatic nitrogens is 1. The summed E-state index contributed by atoms with van der Waals surface area (Å²) in [6, 6.07) is 3.55. The number of carbonyl (C=O) groups excluding carboxylic acids is 1. The van der Waals surface area contributed by atoms with E-state index >= 15 is 0 Å². The van der Waals surface area contributed by atoms with E-state index in [0.29, 0.717) is 0 Å². The number of amides is 1. The molecule has 0 aliphatic carbocycles. The molecule has 1 aromatic heterocycles. The number of likely N-dealkylation sites (N-methyl/N-ethyl adjacent to an activating group) is 1. The maximum absolute atomic E-state index is 11.4. The van der Waals surface area contributed by atoms with Crippen LogP contribution in [0.25, 0.3) is 6.08 Å². The molecule has 1 N–H and O–H groups in total. The molecule has 1 aromatic rings. The first kappa shape index (κ1) is 11.9. The lowest BCUT2D eigenvalue weighted by atomic mass is 10.2. The SMILES string of the molecule is CN(CC(=O)O)C(=O)C=Cc1cccnc1. The van der Waals surface area contributed by atoms with Gasteiger partial charge < -0.3 is 10.0 Å². The van der Waals surface area contributed by atoms with Gasteiger partial charge in [-0.05, 0) is 17.7 Å². The Kier molecular flexibility index (Phi) is 4.20. The third-order valence-corrected chi connectivity index (χ3v) is 1.85. The molecule has 1 heterocycles. The van der Waals surface area contributed by atoms with Gasteiger partial charge in [0.05, 0.1) is 0 Å². The van der Waals surface area contributed by atoms with Gasteiger partial charge in [0, 0.05) is 25.5 Å². The summed E-state index contributed by atoms with van der Waals surface area (Å²) in [4.78, 5) is 26.8. The Morgan fingerprint density at radius 1 is 1.56 bits per heavy atom. The van der Waals surface area contributed by atoms with Gasteiger partial charge in [0.1, 0.15) is 6.54 Å². The van der Waals surface area contributed by atoms with Gasteiger partial charge >= 0.3 is 5.97 Å². The lowest BCUT2D eigenvalue weighted by molar-refractivity contribution is -0.141. The Balaban J connectivity index is 2.57. The molecule has 0 bridgehead atoms. The zero-order valence-corrected chi connectivity index (χ0v) is 8.83. The lowest BCUT2D eigenvalue weighted by Gasteiger charge is -2.10. The number of carboxylic acids is 1. The highest BCUT2D eigenvalue weighted by Crippen LogP contribution is 1.99. The minimum Gasteiger partial charge on any atom is -0.480 e. The van der Waals surface area contributed by atoms with Gasteiger partial charge in [-0.25, -0.2) is 0 Å². The number of pyridine rings is 1. The molecule has 0 aliphatic heterocycles. The Hall–Kier alpha value is -2.17. The molecule has 16 heavy (non-hydrogen) atoms. The summed E-state index contributed by atoms with van der Waals surface area (Å²) in [5.41, 5.74) is 0.791. The van der Waals surface area contributed by atoms with Gasteiger partial charge in [0.2, 0.25) is 5.91 Å². The molecule has 0 radical (unpaired) electrons. The van der Waals surface area contributed by atoms with Crippen molar-refractivity contribution >= 4 is 18.0 Å². The average Bonchev–Trinajstić information content (AvgIpc) is 2.26. The largest absolute Gasteiger partial charge is 0.480 e. The van der Waals surface area contributed by atoms with E-state index in [2.05, 4.69) is 4.98 Å². The molecule has 0 saturated heterocycles. The second-order valence-electron chi connectivity index (χ2n) is 3.21. The van der Waals surface area contributed by atoms with E-state index in [1.807, 2.05) is 0 Å². The summed E-state index contributed by atoms with van der Waals surface area (Å²) >= 11 is 0. The maximum Gasteiger partial charge on any atom is 0.323 e. The molecule has 1 amide bonds. The van der Waals surface area contributed by atoms with Crippen LogP contribution in [0.2, 0.25) is 0 Å². The summed E-state index contributed by atoms with van der Waals surface area (Å²) in [6.07, 6.45) is 6.16. The van der Waals surface area contributed by atoms with Crippen molar-refractivity contribution < 1.29 is 14.7 Å². The van der Waals surface area contributed by atoms with Gasteiger partial charge in [-0.15, -0.1) is 0 Å². The predicted octanol–water partition coefficient (Wildman–Crippen LogP) is 0.638. The Bertz CT molecular complexity index is 401. The van der Waals surface area contributed by atoms with Crippen molar-refractivity contribution in [2.45, 2.75) is 0 Å². The molecule has 0 unspecified atom stereocenters. The quantitative estimate of drug-likeness (QED) is 0.756. The van der Waals surface area contributed by atoms with Crippen LogP contribution in [-0.2, 0) is 9.59 Å². The highest BCUT2D eigenvalue weighted by Gasteiger charge is 2.08. The van der Waals surface area contributed by atoms with E-state index in [1.165, 1.54) is 13.1 Å². The Morgan fingerprint density at radius 3 is 2.88 bits per heavy atom. The number of hydrogen-bond donors (Lipinski definition) is 1. The second-order valence-corrected chi connectivity index (χ2v) is 3.21. The van der Waals surface area contributed by atoms with E-state index in [9.17, 15) is 9.59 Å². The molecule has 0 saturated carbocycles. The van der Waals surface area contributed by atoms with Crippen LogP contribution < -0.4 is 0 Å². The van der Waals surface area contributed by atoms with E-state index in [0.717, 1.165) is 10.5 Å². The molecule has 0 fully saturated rings. The van der Waals surface area contributed by atoms with Gasteiger partial charge in [-0.2, -0.15) is 0 Å². The van der Waals surface area contributed by atoms with Crippen molar-refractivity contribution in [2.24, 2.45) is 0 Å². The average molecular weight is 220 g/mol. The normalized spacial score (nSPS) is 10.3. The topological polar surface area (TPSA) is 70.5 Å². The van der Waals surface area contributed by atoms with Crippen molar-refractivity contribution in [1.29, 1.82) is 0 Å². The number of nitrogens with zero attached hydrogens (tertiary/aromatic N) is 2. The van der Waals surface area contributed by atoms with Crippen LogP contribution in [0, 0.1) is 0 Å². The lowest BCUT2D eigenvalue weighted by Crippen LogP contribution is -2.30. The minimum atomic E-state index is -1.04. The molecule has 0 aromatic carbocycles. The monoisotopic (exact) mass is 220 g/mol. The van der Waals surface area contributed by atoms with Crippen LogP contribution in [-0.4, -0.2) is 40.5 Å². The van der Waals surface area contributed by atoms with Gasteiger partial charge in [-0.3, -0.25) is 14.6 Å². The Morgan fingerprint density at radius 2 is 2.31 bits per heavy atom. The van der Waals surface area contributed by atoms with E-state index in [4.69, 9.17) is 5.11 Å². The summed E-state index contributed by atoms with van der Waals surface area (Å²) in [5.74, 6) is -1.39. The standard InChI is InChI=1S/C11H12N2O3/c1-13(8-11(15)16)10(14)5-4-9-3-2-6-12-7-9/h2-7H,8H2,1H3,(H,15,16). The van der Waals surface area contributed by atoms with Gasteiger partial charge in [0.25, 0.3) is 0 Å². The number of aliphatic carboxylic acids is 1. The van der Waals surface area contributed by atoms with Gasteiger partial charge in [-0.1, -0.05) is 6.07 Å². The van der Waals surface area contributed by atoms with Crippen LogP contribution in [0.4, 0.5) is 0 Å². The van der Waals surface area contributed by atoms with Gasteiger partial charge in [0.15, 0.2) is 0 Å². The smallest absolute Gasteiger partial charge is 0.323 e. The zero-order chi connectivity index (χ0) is 12.0. The number of carbonyl (C=O) groups is 2. The van der Waals surface area contributed by atoms with Crippen molar-refractivity contribution in [3.63, 3.8) is 0 Å².